The van der Waals surface area contributed by atoms with Gasteiger partial charge in [-0.05, 0) is 19.3 Å². The Morgan fingerprint density at radius 1 is 0.586 bits per heavy atom. The van der Waals surface area contributed by atoms with E-state index in [1.807, 2.05) is 11.8 Å². The van der Waals surface area contributed by atoms with Crippen LogP contribution in [0.4, 0.5) is 0 Å². The van der Waals surface area contributed by atoms with Crippen molar-refractivity contribution < 1.29 is 14.3 Å². The standard InChI is InChI=1S/C25H49NO3/c1-4-7-9-11-13-15-17-21-26(22-18-16-14-12-10-8-5-2)24(27)19-20-25(28)29-23-6-3/h4-23H2,1-3H3. The van der Waals surface area contributed by atoms with E-state index in [0.717, 1.165) is 32.4 Å². The van der Waals surface area contributed by atoms with E-state index in [1.165, 1.54) is 77.0 Å². The molecule has 0 aliphatic heterocycles. The first-order valence-electron chi connectivity index (χ1n) is 12.6. The molecule has 0 aliphatic rings. The maximum Gasteiger partial charge on any atom is 0.306 e. The zero-order valence-corrected chi connectivity index (χ0v) is 19.8. The smallest absolute Gasteiger partial charge is 0.306 e. The summed E-state index contributed by atoms with van der Waals surface area (Å²) in [7, 11) is 0. The zero-order chi connectivity index (χ0) is 21.6. The van der Waals surface area contributed by atoms with E-state index < -0.39 is 0 Å². The molecule has 29 heavy (non-hydrogen) atoms. The molecule has 0 rings (SSSR count). The Morgan fingerprint density at radius 3 is 1.48 bits per heavy atom. The molecule has 0 atom stereocenters. The van der Waals surface area contributed by atoms with Crippen LogP contribution in [0.5, 0.6) is 0 Å². The SMILES string of the molecule is CCCCCCCCCN(CCCCCCCCC)C(=O)CCC(=O)OCCC. The number of carbonyl (C=O) groups is 2. The van der Waals surface area contributed by atoms with E-state index in [4.69, 9.17) is 4.74 Å². The van der Waals surface area contributed by atoms with E-state index in [1.54, 1.807) is 0 Å². The molecule has 0 aliphatic carbocycles. The average Bonchev–Trinajstić information content (AvgIpc) is 2.73. The van der Waals surface area contributed by atoms with Gasteiger partial charge in [-0.25, -0.2) is 0 Å². The van der Waals surface area contributed by atoms with Gasteiger partial charge >= 0.3 is 5.97 Å². The van der Waals surface area contributed by atoms with Crippen molar-refractivity contribution in [3.8, 4) is 0 Å². The lowest BCUT2D eigenvalue weighted by atomic mass is 10.1. The number of hydrogen-bond acceptors (Lipinski definition) is 3. The van der Waals surface area contributed by atoms with Gasteiger partial charge in [0.05, 0.1) is 13.0 Å². The van der Waals surface area contributed by atoms with Crippen molar-refractivity contribution in [2.75, 3.05) is 19.7 Å². The normalized spacial score (nSPS) is 10.9. The summed E-state index contributed by atoms with van der Waals surface area (Å²) < 4.78 is 5.10. The number of rotatable bonds is 21. The monoisotopic (exact) mass is 411 g/mol. The van der Waals surface area contributed by atoms with E-state index in [0.29, 0.717) is 6.61 Å². The van der Waals surface area contributed by atoms with E-state index >= 15 is 0 Å². The van der Waals surface area contributed by atoms with Crippen LogP contribution in [0, 0.1) is 0 Å². The summed E-state index contributed by atoms with van der Waals surface area (Å²) in [4.78, 5) is 26.4. The number of amides is 1. The van der Waals surface area contributed by atoms with E-state index in [9.17, 15) is 9.59 Å². The van der Waals surface area contributed by atoms with Crippen LogP contribution in [0.2, 0.25) is 0 Å². The van der Waals surface area contributed by atoms with Gasteiger partial charge in [0.25, 0.3) is 0 Å². The fraction of sp³-hybridized carbons (Fsp3) is 0.920. The van der Waals surface area contributed by atoms with Crippen LogP contribution in [0.1, 0.15) is 130 Å². The minimum atomic E-state index is -0.244. The molecule has 1 amide bonds. The topological polar surface area (TPSA) is 46.6 Å². The number of carbonyl (C=O) groups excluding carboxylic acids is 2. The van der Waals surface area contributed by atoms with Crippen LogP contribution < -0.4 is 0 Å². The fourth-order valence-electron chi connectivity index (χ4n) is 3.54. The molecule has 0 spiro atoms. The molecule has 0 bridgehead atoms. The molecule has 172 valence electrons. The van der Waals surface area contributed by atoms with Crippen molar-refractivity contribution in [1.29, 1.82) is 0 Å². The summed E-state index contributed by atoms with van der Waals surface area (Å²) in [6, 6.07) is 0. The predicted octanol–water partition coefficient (Wildman–Crippen LogP) is 7.05. The first kappa shape index (κ1) is 27.9. The Hall–Kier alpha value is -1.06. The lowest BCUT2D eigenvalue weighted by Crippen LogP contribution is -2.33. The van der Waals surface area contributed by atoms with Crippen LogP contribution in [0.15, 0.2) is 0 Å². The lowest BCUT2D eigenvalue weighted by molar-refractivity contribution is -0.146. The van der Waals surface area contributed by atoms with Crippen molar-refractivity contribution in [3.05, 3.63) is 0 Å². The number of hydrogen-bond donors (Lipinski definition) is 0. The molecule has 0 saturated carbocycles. The molecule has 0 N–H and O–H groups in total. The molecule has 4 heteroatoms. The van der Waals surface area contributed by atoms with Gasteiger partial charge in [-0.2, -0.15) is 0 Å². The maximum absolute atomic E-state index is 12.6. The summed E-state index contributed by atoms with van der Waals surface area (Å²) in [6.07, 6.45) is 18.9. The van der Waals surface area contributed by atoms with Crippen molar-refractivity contribution in [2.24, 2.45) is 0 Å². The molecule has 0 saturated heterocycles. The second kappa shape index (κ2) is 21.6. The van der Waals surface area contributed by atoms with Gasteiger partial charge in [0, 0.05) is 19.5 Å². The van der Waals surface area contributed by atoms with Crippen LogP contribution in [-0.4, -0.2) is 36.5 Å². The Morgan fingerprint density at radius 2 is 1.03 bits per heavy atom. The highest BCUT2D eigenvalue weighted by molar-refractivity contribution is 5.81. The minimum Gasteiger partial charge on any atom is -0.466 e. The third-order valence-corrected chi connectivity index (χ3v) is 5.43. The van der Waals surface area contributed by atoms with Crippen molar-refractivity contribution in [1.82, 2.24) is 4.90 Å². The Balaban J connectivity index is 4.17. The third-order valence-electron chi connectivity index (χ3n) is 5.43. The predicted molar refractivity (Wildman–Crippen MR) is 123 cm³/mol. The van der Waals surface area contributed by atoms with Crippen LogP contribution >= 0.6 is 0 Å². The van der Waals surface area contributed by atoms with Gasteiger partial charge in [0.2, 0.25) is 5.91 Å². The number of ether oxygens (including phenoxy) is 1. The average molecular weight is 412 g/mol. The molecule has 0 unspecified atom stereocenters. The van der Waals surface area contributed by atoms with Crippen LogP contribution in [0.25, 0.3) is 0 Å². The first-order valence-corrected chi connectivity index (χ1v) is 12.6. The van der Waals surface area contributed by atoms with Crippen molar-refractivity contribution >= 4 is 11.9 Å². The Kier molecular flexibility index (Phi) is 20.9. The number of esters is 1. The quantitative estimate of drug-likeness (QED) is 0.150. The van der Waals surface area contributed by atoms with Crippen LogP contribution in [0.3, 0.4) is 0 Å². The van der Waals surface area contributed by atoms with Gasteiger partial charge < -0.3 is 9.64 Å². The summed E-state index contributed by atoms with van der Waals surface area (Å²) in [5, 5.41) is 0. The zero-order valence-electron chi connectivity index (χ0n) is 19.8. The van der Waals surface area contributed by atoms with Gasteiger partial charge in [0.1, 0.15) is 0 Å². The highest BCUT2D eigenvalue weighted by atomic mass is 16.5. The third kappa shape index (κ3) is 18.7. The summed E-state index contributed by atoms with van der Waals surface area (Å²) in [6.45, 7) is 8.59. The molecule has 0 aromatic heterocycles. The van der Waals surface area contributed by atoms with Crippen molar-refractivity contribution in [3.63, 3.8) is 0 Å². The second-order valence-corrected chi connectivity index (χ2v) is 8.34. The summed E-state index contributed by atoms with van der Waals surface area (Å²) in [5.41, 5.74) is 0. The van der Waals surface area contributed by atoms with Gasteiger partial charge in [-0.15, -0.1) is 0 Å². The summed E-state index contributed by atoms with van der Waals surface area (Å²) in [5.74, 6) is -0.123. The van der Waals surface area contributed by atoms with Crippen molar-refractivity contribution in [2.45, 2.75) is 130 Å². The summed E-state index contributed by atoms with van der Waals surface area (Å²) >= 11 is 0. The van der Waals surface area contributed by atoms with E-state index in [-0.39, 0.29) is 24.7 Å². The number of nitrogens with zero attached hydrogens (tertiary/aromatic N) is 1. The molecule has 0 heterocycles. The highest BCUT2D eigenvalue weighted by Gasteiger charge is 2.15. The molecule has 0 fully saturated rings. The van der Waals surface area contributed by atoms with E-state index in [2.05, 4.69) is 13.8 Å². The molecule has 0 aromatic carbocycles. The fourth-order valence-corrected chi connectivity index (χ4v) is 3.54. The molecular weight excluding hydrogens is 362 g/mol. The van der Waals surface area contributed by atoms with Gasteiger partial charge in [-0.3, -0.25) is 9.59 Å². The van der Waals surface area contributed by atoms with Gasteiger partial charge in [0.15, 0.2) is 0 Å². The highest BCUT2D eigenvalue weighted by Crippen LogP contribution is 2.11. The lowest BCUT2D eigenvalue weighted by Gasteiger charge is -2.23. The number of unbranched alkanes of at least 4 members (excludes halogenated alkanes) is 12. The first-order chi connectivity index (χ1) is 14.2. The van der Waals surface area contributed by atoms with Crippen LogP contribution in [-0.2, 0) is 14.3 Å². The van der Waals surface area contributed by atoms with Gasteiger partial charge in [-0.1, -0.05) is 97.8 Å². The molecule has 0 radical (unpaired) electrons. The largest absolute Gasteiger partial charge is 0.466 e. The minimum absolute atomic E-state index is 0.121. The molecular formula is C25H49NO3. The maximum atomic E-state index is 12.6. The Labute approximate surface area is 181 Å². The molecule has 0 aromatic rings. The Bertz CT molecular complexity index is 366. The second-order valence-electron chi connectivity index (χ2n) is 8.34. The molecule has 4 nitrogen and oxygen atoms in total.